The molecule has 2 rings (SSSR count). The summed E-state index contributed by atoms with van der Waals surface area (Å²) in [6.07, 6.45) is 1.43. The third-order valence-corrected chi connectivity index (χ3v) is 2.56. The number of furan rings is 1. The first kappa shape index (κ1) is 14.4. The lowest BCUT2D eigenvalue weighted by molar-refractivity contribution is 0.110. The average molecular weight is 283 g/mol. The van der Waals surface area contributed by atoms with Crippen molar-refractivity contribution in [2.24, 2.45) is 0 Å². The van der Waals surface area contributed by atoms with Gasteiger partial charge in [-0.25, -0.2) is 4.79 Å². The Bertz CT molecular complexity index is 664. The largest absolute Gasteiger partial charge is 0.460 e. The maximum Gasteiger partial charge on any atom is 0.408 e. The standard InChI is InChI=1S/C16H13NO4/c18-11-15-14(8-10-20-15)7-4-9-17-16(19)21-12-13-5-2-1-3-6-13/h1-3,5-6,8,10-11H,9,12H2,(H,17,19). The van der Waals surface area contributed by atoms with Crippen LogP contribution in [0.25, 0.3) is 0 Å². The Morgan fingerprint density at radius 1 is 1.29 bits per heavy atom. The molecule has 0 aliphatic carbocycles. The van der Waals surface area contributed by atoms with Gasteiger partial charge in [0.05, 0.1) is 18.4 Å². The second kappa shape index (κ2) is 7.56. The molecule has 0 saturated heterocycles. The first-order valence-corrected chi connectivity index (χ1v) is 6.25. The molecule has 1 amide bonds. The van der Waals surface area contributed by atoms with Crippen LogP contribution in [0.5, 0.6) is 0 Å². The monoisotopic (exact) mass is 283 g/mol. The lowest BCUT2D eigenvalue weighted by Gasteiger charge is -2.04. The van der Waals surface area contributed by atoms with Crippen molar-refractivity contribution >= 4 is 12.4 Å². The van der Waals surface area contributed by atoms with Crippen LogP contribution in [-0.4, -0.2) is 18.9 Å². The Hall–Kier alpha value is -3.00. The predicted octanol–water partition coefficient (Wildman–Crippen LogP) is 2.37. The van der Waals surface area contributed by atoms with Crippen LogP contribution in [0.15, 0.2) is 47.1 Å². The predicted molar refractivity (Wildman–Crippen MR) is 75.6 cm³/mol. The van der Waals surface area contributed by atoms with Gasteiger partial charge < -0.3 is 14.5 Å². The van der Waals surface area contributed by atoms with Crippen LogP contribution in [0, 0.1) is 11.8 Å². The number of carbonyl (C=O) groups excluding carboxylic acids is 2. The summed E-state index contributed by atoms with van der Waals surface area (Å²) in [6.45, 7) is 0.328. The minimum absolute atomic E-state index is 0.122. The molecule has 5 nitrogen and oxygen atoms in total. The Labute approximate surface area is 121 Å². The minimum atomic E-state index is -0.545. The van der Waals surface area contributed by atoms with Crippen molar-refractivity contribution in [3.63, 3.8) is 0 Å². The molecular weight excluding hydrogens is 270 g/mol. The van der Waals surface area contributed by atoms with E-state index in [1.807, 2.05) is 30.3 Å². The Balaban J connectivity index is 1.74. The van der Waals surface area contributed by atoms with Gasteiger partial charge in [-0.1, -0.05) is 42.2 Å². The molecule has 0 atom stereocenters. The quantitative estimate of drug-likeness (QED) is 0.691. The highest BCUT2D eigenvalue weighted by Gasteiger charge is 2.02. The minimum Gasteiger partial charge on any atom is -0.460 e. The molecular formula is C16H13NO4. The van der Waals surface area contributed by atoms with Crippen LogP contribution in [0.1, 0.15) is 21.7 Å². The topological polar surface area (TPSA) is 68.5 Å². The molecule has 0 aliphatic heterocycles. The molecule has 0 fully saturated rings. The summed E-state index contributed by atoms with van der Waals surface area (Å²) in [5, 5.41) is 2.50. The zero-order valence-electron chi connectivity index (χ0n) is 11.2. The lowest BCUT2D eigenvalue weighted by Crippen LogP contribution is -2.24. The van der Waals surface area contributed by atoms with Gasteiger partial charge in [-0.05, 0) is 11.6 Å². The SMILES string of the molecule is O=Cc1occc1C#CCNC(=O)OCc1ccccc1. The average Bonchev–Trinajstić information content (AvgIpc) is 2.98. The summed E-state index contributed by atoms with van der Waals surface area (Å²) in [5.41, 5.74) is 1.40. The van der Waals surface area contributed by atoms with E-state index in [1.165, 1.54) is 6.26 Å². The molecule has 0 spiro atoms. The van der Waals surface area contributed by atoms with Gasteiger partial charge in [0, 0.05) is 0 Å². The zero-order chi connectivity index (χ0) is 14.9. The molecule has 1 N–H and O–H groups in total. The number of alkyl carbamates (subject to hydrolysis) is 1. The van der Waals surface area contributed by atoms with Crippen molar-refractivity contribution in [3.05, 3.63) is 59.5 Å². The van der Waals surface area contributed by atoms with E-state index in [0.717, 1.165) is 5.56 Å². The summed E-state index contributed by atoms with van der Waals surface area (Å²) in [7, 11) is 0. The molecule has 2 aromatic rings. The smallest absolute Gasteiger partial charge is 0.408 e. The third-order valence-electron chi connectivity index (χ3n) is 2.56. The summed E-state index contributed by atoms with van der Waals surface area (Å²) in [4.78, 5) is 22.0. The molecule has 1 aromatic heterocycles. The van der Waals surface area contributed by atoms with Crippen molar-refractivity contribution in [2.45, 2.75) is 6.61 Å². The Morgan fingerprint density at radius 3 is 2.86 bits per heavy atom. The van der Waals surface area contributed by atoms with E-state index in [0.29, 0.717) is 11.8 Å². The van der Waals surface area contributed by atoms with Crippen molar-refractivity contribution in [3.8, 4) is 11.8 Å². The van der Waals surface area contributed by atoms with Gasteiger partial charge in [-0.3, -0.25) is 4.79 Å². The van der Waals surface area contributed by atoms with Gasteiger partial charge in [0.2, 0.25) is 0 Å². The molecule has 0 bridgehead atoms. The molecule has 0 unspecified atom stereocenters. The fourth-order valence-corrected chi connectivity index (χ4v) is 1.55. The van der Waals surface area contributed by atoms with E-state index in [9.17, 15) is 9.59 Å². The van der Waals surface area contributed by atoms with Crippen molar-refractivity contribution < 1.29 is 18.7 Å². The molecule has 21 heavy (non-hydrogen) atoms. The molecule has 1 aromatic carbocycles. The first-order valence-electron chi connectivity index (χ1n) is 6.25. The van der Waals surface area contributed by atoms with Crippen molar-refractivity contribution in [1.29, 1.82) is 0 Å². The van der Waals surface area contributed by atoms with E-state index >= 15 is 0 Å². The number of benzene rings is 1. The maximum absolute atomic E-state index is 11.4. The van der Waals surface area contributed by atoms with E-state index in [1.54, 1.807) is 6.07 Å². The molecule has 0 radical (unpaired) electrons. The zero-order valence-corrected chi connectivity index (χ0v) is 11.2. The number of nitrogens with one attached hydrogen (secondary N) is 1. The van der Waals surface area contributed by atoms with Crippen LogP contribution in [0.3, 0.4) is 0 Å². The van der Waals surface area contributed by atoms with Gasteiger partial charge in [0.25, 0.3) is 0 Å². The molecule has 1 heterocycles. The number of amides is 1. The summed E-state index contributed by atoms with van der Waals surface area (Å²) < 4.78 is 9.91. The number of hydrogen-bond donors (Lipinski definition) is 1. The van der Waals surface area contributed by atoms with Crippen molar-refractivity contribution in [1.82, 2.24) is 5.32 Å². The Morgan fingerprint density at radius 2 is 2.10 bits per heavy atom. The fraction of sp³-hybridized carbons (Fsp3) is 0.125. The number of rotatable bonds is 4. The molecule has 0 aliphatic rings. The maximum atomic E-state index is 11.4. The van der Waals surface area contributed by atoms with Gasteiger partial charge in [0.15, 0.2) is 12.0 Å². The first-order chi connectivity index (χ1) is 10.3. The summed E-state index contributed by atoms with van der Waals surface area (Å²) in [5.74, 6) is 5.61. The van der Waals surface area contributed by atoms with Crippen LogP contribution in [0.2, 0.25) is 0 Å². The number of aldehydes is 1. The van der Waals surface area contributed by atoms with Crippen molar-refractivity contribution in [2.75, 3.05) is 6.54 Å². The molecule has 5 heteroatoms. The fourth-order valence-electron chi connectivity index (χ4n) is 1.55. The number of hydrogen-bond acceptors (Lipinski definition) is 4. The van der Waals surface area contributed by atoms with E-state index < -0.39 is 6.09 Å². The number of ether oxygens (including phenoxy) is 1. The highest BCUT2D eigenvalue weighted by atomic mass is 16.5. The van der Waals surface area contributed by atoms with Gasteiger partial charge in [0.1, 0.15) is 6.61 Å². The molecule has 0 saturated carbocycles. The summed E-state index contributed by atoms with van der Waals surface area (Å²) >= 11 is 0. The van der Waals surface area contributed by atoms with Crippen LogP contribution >= 0.6 is 0 Å². The highest BCUT2D eigenvalue weighted by molar-refractivity contribution is 5.75. The van der Waals surface area contributed by atoms with Gasteiger partial charge in [-0.15, -0.1) is 0 Å². The Kier molecular flexibility index (Phi) is 5.18. The van der Waals surface area contributed by atoms with Crippen LogP contribution < -0.4 is 5.32 Å². The molecule has 106 valence electrons. The second-order valence-electron chi connectivity index (χ2n) is 4.03. The van der Waals surface area contributed by atoms with Crippen LogP contribution in [0.4, 0.5) is 4.79 Å². The van der Waals surface area contributed by atoms with Gasteiger partial charge in [-0.2, -0.15) is 0 Å². The van der Waals surface area contributed by atoms with Gasteiger partial charge >= 0.3 is 6.09 Å². The van der Waals surface area contributed by atoms with E-state index in [-0.39, 0.29) is 18.9 Å². The normalized spacial score (nSPS) is 9.33. The highest BCUT2D eigenvalue weighted by Crippen LogP contribution is 2.05. The lowest BCUT2D eigenvalue weighted by atomic mass is 10.2. The summed E-state index contributed by atoms with van der Waals surface area (Å²) in [6, 6.07) is 11.0. The van der Waals surface area contributed by atoms with E-state index in [2.05, 4.69) is 17.2 Å². The van der Waals surface area contributed by atoms with E-state index in [4.69, 9.17) is 9.15 Å². The third kappa shape index (κ3) is 4.55. The second-order valence-corrected chi connectivity index (χ2v) is 4.03. The number of carbonyl (C=O) groups is 2. The van der Waals surface area contributed by atoms with Crippen LogP contribution in [-0.2, 0) is 11.3 Å².